The van der Waals surface area contributed by atoms with Crippen molar-refractivity contribution in [3.05, 3.63) is 36.4 Å². The van der Waals surface area contributed by atoms with Crippen molar-refractivity contribution in [2.75, 3.05) is 25.8 Å². The molecule has 0 fully saturated rings. The molecule has 4 rings (SSSR count). The van der Waals surface area contributed by atoms with E-state index in [4.69, 9.17) is 13.9 Å². The largest absolute Gasteiger partial charge is 0.497 e. The van der Waals surface area contributed by atoms with Crippen LogP contribution >= 0.6 is 23.1 Å². The quantitative estimate of drug-likeness (QED) is 0.461. The number of hydrogen-bond donors (Lipinski definition) is 1. The van der Waals surface area contributed by atoms with Gasteiger partial charge in [0, 0.05) is 16.5 Å². The minimum atomic E-state index is 0.275. The van der Waals surface area contributed by atoms with E-state index in [9.17, 15) is 0 Å². The lowest BCUT2D eigenvalue weighted by Gasteiger charge is -2.05. The molecule has 0 saturated carbocycles. The molecule has 0 aliphatic carbocycles. The van der Waals surface area contributed by atoms with Crippen LogP contribution in [0.1, 0.15) is 0 Å². The highest BCUT2D eigenvalue weighted by Crippen LogP contribution is 2.34. The lowest BCUT2D eigenvalue weighted by molar-refractivity contribution is 0.394. The van der Waals surface area contributed by atoms with E-state index < -0.39 is 0 Å². The molecule has 2 aromatic heterocycles. The Kier molecular flexibility index (Phi) is 4.87. The molecule has 0 atom stereocenters. The first-order chi connectivity index (χ1) is 13.2. The molecule has 0 unspecified atom stereocenters. The number of nitrogens with one attached hydrogen (secondary N) is 1. The summed E-state index contributed by atoms with van der Waals surface area (Å²) >= 11 is 3.20. The highest BCUT2D eigenvalue weighted by Gasteiger charge is 2.14. The molecule has 0 aliphatic rings. The number of methoxy groups -OCH3 is 2. The summed E-state index contributed by atoms with van der Waals surface area (Å²) in [5.74, 6) is 1.65. The Balaban J connectivity index is 1.62. The first-order valence-electron chi connectivity index (χ1n) is 7.97. The number of aromatic nitrogens is 3. The fourth-order valence-corrected chi connectivity index (χ4v) is 4.06. The Hall–Kier alpha value is -2.78. The van der Waals surface area contributed by atoms with Crippen molar-refractivity contribution in [2.45, 2.75) is 4.90 Å². The van der Waals surface area contributed by atoms with Gasteiger partial charge in [-0.15, -0.1) is 16.9 Å². The van der Waals surface area contributed by atoms with Crippen molar-refractivity contribution < 1.29 is 13.9 Å². The van der Waals surface area contributed by atoms with Crippen LogP contribution in [0.3, 0.4) is 0 Å². The highest BCUT2D eigenvalue weighted by molar-refractivity contribution is 7.98. The monoisotopic (exact) mass is 400 g/mol. The first kappa shape index (κ1) is 17.6. The van der Waals surface area contributed by atoms with E-state index in [1.54, 1.807) is 32.0 Å². The molecular formula is C18H16N4O3S2. The van der Waals surface area contributed by atoms with E-state index in [0.717, 1.165) is 15.1 Å². The number of para-hydroxylation sites is 1. The molecule has 2 heterocycles. The number of ether oxygens (including phenoxy) is 2. The van der Waals surface area contributed by atoms with Crippen LogP contribution < -0.4 is 14.8 Å². The molecule has 138 valence electrons. The van der Waals surface area contributed by atoms with Gasteiger partial charge in [0.2, 0.25) is 5.89 Å². The van der Waals surface area contributed by atoms with Crippen molar-refractivity contribution in [3.8, 4) is 23.0 Å². The number of benzene rings is 2. The smallest absolute Gasteiger partial charge is 0.322 e. The van der Waals surface area contributed by atoms with Crippen LogP contribution in [0, 0.1) is 0 Å². The molecule has 0 aliphatic heterocycles. The van der Waals surface area contributed by atoms with E-state index in [2.05, 4.69) is 26.6 Å². The normalized spacial score (nSPS) is 10.9. The molecule has 0 spiro atoms. The summed E-state index contributed by atoms with van der Waals surface area (Å²) in [4.78, 5) is 5.77. The number of anilines is 2. The molecular weight excluding hydrogens is 384 g/mol. The number of nitrogens with zero attached hydrogens (tertiary/aromatic N) is 3. The zero-order valence-corrected chi connectivity index (χ0v) is 16.5. The molecule has 0 bridgehead atoms. The van der Waals surface area contributed by atoms with E-state index in [1.807, 2.05) is 30.5 Å². The average molecular weight is 400 g/mol. The highest BCUT2D eigenvalue weighted by atomic mass is 32.2. The number of thioether (sulfide) groups is 1. The lowest BCUT2D eigenvalue weighted by Crippen LogP contribution is -1.89. The van der Waals surface area contributed by atoms with Crippen molar-refractivity contribution >= 4 is 44.5 Å². The van der Waals surface area contributed by atoms with Gasteiger partial charge < -0.3 is 13.9 Å². The lowest BCUT2D eigenvalue weighted by atomic mass is 10.2. The van der Waals surface area contributed by atoms with Gasteiger partial charge in [0.15, 0.2) is 5.13 Å². The maximum atomic E-state index is 5.74. The van der Waals surface area contributed by atoms with Crippen LogP contribution in [0.5, 0.6) is 11.5 Å². The van der Waals surface area contributed by atoms with Gasteiger partial charge in [-0.1, -0.05) is 22.5 Å². The van der Waals surface area contributed by atoms with Gasteiger partial charge in [0.05, 0.1) is 24.4 Å². The van der Waals surface area contributed by atoms with Crippen molar-refractivity contribution in [1.29, 1.82) is 0 Å². The van der Waals surface area contributed by atoms with Gasteiger partial charge in [-0.25, -0.2) is 4.98 Å². The number of hydrogen-bond acceptors (Lipinski definition) is 9. The molecule has 0 radical (unpaired) electrons. The van der Waals surface area contributed by atoms with Gasteiger partial charge in [-0.05, 0) is 30.5 Å². The third-order valence-electron chi connectivity index (χ3n) is 3.84. The Bertz CT molecular complexity index is 1070. The summed E-state index contributed by atoms with van der Waals surface area (Å²) in [5, 5.41) is 12.0. The number of thiazole rings is 1. The molecule has 2 aromatic carbocycles. The van der Waals surface area contributed by atoms with Gasteiger partial charge in [-0.2, -0.15) is 0 Å². The van der Waals surface area contributed by atoms with E-state index in [1.165, 1.54) is 11.3 Å². The first-order valence-corrected chi connectivity index (χ1v) is 10.0. The number of fused-ring (bicyclic) bond motifs is 1. The third-order valence-corrected chi connectivity index (χ3v) is 5.54. The molecule has 4 aromatic rings. The molecule has 7 nitrogen and oxygen atoms in total. The van der Waals surface area contributed by atoms with Crippen molar-refractivity contribution in [2.24, 2.45) is 0 Å². The predicted octanol–water partition coefficient (Wildman–Crippen LogP) is 4.83. The van der Waals surface area contributed by atoms with Crippen LogP contribution in [-0.4, -0.2) is 35.7 Å². The Morgan fingerprint density at radius 3 is 2.56 bits per heavy atom. The van der Waals surface area contributed by atoms with Crippen molar-refractivity contribution in [1.82, 2.24) is 15.2 Å². The summed E-state index contributed by atoms with van der Waals surface area (Å²) in [5.41, 5.74) is 1.68. The summed E-state index contributed by atoms with van der Waals surface area (Å²) in [6.45, 7) is 0. The molecule has 0 amide bonds. The molecule has 9 heteroatoms. The third kappa shape index (κ3) is 3.56. The van der Waals surface area contributed by atoms with Gasteiger partial charge in [-0.3, -0.25) is 5.32 Å². The Labute approximate surface area is 163 Å². The summed E-state index contributed by atoms with van der Waals surface area (Å²) in [6, 6.07) is 11.8. The fraction of sp³-hybridized carbons (Fsp3) is 0.167. The topological polar surface area (TPSA) is 82.3 Å². The van der Waals surface area contributed by atoms with Gasteiger partial charge in [0.25, 0.3) is 0 Å². The summed E-state index contributed by atoms with van der Waals surface area (Å²) in [6.07, 6.45) is 2.04. The van der Waals surface area contributed by atoms with Gasteiger partial charge >= 0.3 is 6.01 Å². The predicted molar refractivity (Wildman–Crippen MR) is 108 cm³/mol. The van der Waals surface area contributed by atoms with E-state index in [-0.39, 0.29) is 6.01 Å². The maximum Gasteiger partial charge on any atom is 0.322 e. The van der Waals surface area contributed by atoms with Crippen LogP contribution in [-0.2, 0) is 0 Å². The van der Waals surface area contributed by atoms with Gasteiger partial charge in [0.1, 0.15) is 11.5 Å². The van der Waals surface area contributed by atoms with Crippen molar-refractivity contribution in [3.63, 3.8) is 0 Å². The molecule has 0 saturated heterocycles. The van der Waals surface area contributed by atoms with E-state index >= 15 is 0 Å². The SMILES string of the molecule is COc1cc(OC)cc(-c2nnc(Nc3nc4c(SC)cccc4s3)o2)c1. The zero-order chi connectivity index (χ0) is 18.8. The van der Waals surface area contributed by atoms with Crippen LogP contribution in [0.15, 0.2) is 45.7 Å². The van der Waals surface area contributed by atoms with Crippen LogP contribution in [0.4, 0.5) is 11.1 Å². The average Bonchev–Trinajstić information content (AvgIpc) is 3.34. The Morgan fingerprint density at radius 1 is 1.07 bits per heavy atom. The second-order valence-corrected chi connectivity index (χ2v) is 7.34. The fourth-order valence-electron chi connectivity index (χ4n) is 2.55. The second kappa shape index (κ2) is 7.45. The molecule has 1 N–H and O–H groups in total. The molecule has 27 heavy (non-hydrogen) atoms. The van der Waals surface area contributed by atoms with Crippen LogP contribution in [0.2, 0.25) is 0 Å². The van der Waals surface area contributed by atoms with E-state index in [0.29, 0.717) is 28.1 Å². The minimum absolute atomic E-state index is 0.275. The van der Waals surface area contributed by atoms with Crippen LogP contribution in [0.25, 0.3) is 21.7 Å². The Morgan fingerprint density at radius 2 is 1.85 bits per heavy atom. The maximum absolute atomic E-state index is 5.74. The number of rotatable bonds is 6. The summed E-state index contributed by atoms with van der Waals surface area (Å²) < 4.78 is 17.4. The summed E-state index contributed by atoms with van der Waals surface area (Å²) in [7, 11) is 3.19. The second-order valence-electron chi connectivity index (χ2n) is 5.46. The zero-order valence-electron chi connectivity index (χ0n) is 14.8. The standard InChI is InChI=1S/C18H16N4O3S2/c1-23-11-7-10(8-12(9-11)24-2)16-21-22-17(25-16)20-18-19-15-13(26-3)5-4-6-14(15)27-18/h4-9H,1-3H3,(H,19,20,22). The minimum Gasteiger partial charge on any atom is -0.497 e.